The monoisotopic (exact) mass is 182 g/mol. The van der Waals surface area contributed by atoms with Gasteiger partial charge in [0.05, 0.1) is 18.3 Å². The molecule has 2 aliphatic carbocycles. The first-order valence-electron chi connectivity index (χ1n) is 5.59. The standard InChI is InChI=1S/C11H18O2/c1-6(12)4-7-2-3-8-9(7)5-10-11(8)13-10/h6-12H,2-5H2,1H3. The first kappa shape index (κ1) is 8.25. The van der Waals surface area contributed by atoms with Gasteiger partial charge in [-0.2, -0.15) is 0 Å². The molecule has 1 saturated heterocycles. The summed E-state index contributed by atoms with van der Waals surface area (Å²) < 4.78 is 5.56. The first-order chi connectivity index (χ1) is 6.25. The predicted molar refractivity (Wildman–Crippen MR) is 49.3 cm³/mol. The molecule has 1 N–H and O–H groups in total. The number of aliphatic hydroxyl groups is 1. The van der Waals surface area contributed by atoms with E-state index in [1.54, 1.807) is 0 Å². The van der Waals surface area contributed by atoms with Crippen molar-refractivity contribution in [1.29, 1.82) is 0 Å². The van der Waals surface area contributed by atoms with Gasteiger partial charge in [0.1, 0.15) is 0 Å². The minimum Gasteiger partial charge on any atom is -0.393 e. The molecule has 0 aromatic rings. The van der Waals surface area contributed by atoms with Gasteiger partial charge in [0.2, 0.25) is 0 Å². The van der Waals surface area contributed by atoms with E-state index in [1.807, 2.05) is 6.92 Å². The summed E-state index contributed by atoms with van der Waals surface area (Å²) in [5.41, 5.74) is 0. The minimum absolute atomic E-state index is 0.110. The maximum atomic E-state index is 9.38. The molecule has 0 bridgehead atoms. The molecular formula is C11H18O2. The van der Waals surface area contributed by atoms with Gasteiger partial charge in [0.15, 0.2) is 0 Å². The van der Waals surface area contributed by atoms with E-state index in [-0.39, 0.29) is 6.10 Å². The zero-order chi connectivity index (χ0) is 9.00. The smallest absolute Gasteiger partial charge is 0.0872 e. The third kappa shape index (κ3) is 1.23. The molecular weight excluding hydrogens is 164 g/mol. The highest BCUT2D eigenvalue weighted by Crippen LogP contribution is 2.57. The Balaban J connectivity index is 1.66. The first-order valence-corrected chi connectivity index (χ1v) is 5.59. The second kappa shape index (κ2) is 2.71. The molecule has 1 aliphatic heterocycles. The van der Waals surface area contributed by atoms with Crippen LogP contribution in [0.3, 0.4) is 0 Å². The number of epoxide rings is 1. The average molecular weight is 182 g/mol. The Morgan fingerprint density at radius 2 is 2.23 bits per heavy atom. The molecule has 0 amide bonds. The predicted octanol–water partition coefficient (Wildman–Crippen LogP) is 1.57. The fraction of sp³-hybridized carbons (Fsp3) is 1.00. The van der Waals surface area contributed by atoms with Gasteiger partial charge in [-0.1, -0.05) is 0 Å². The number of ether oxygens (including phenoxy) is 1. The number of hydrogen-bond donors (Lipinski definition) is 1. The quantitative estimate of drug-likeness (QED) is 0.657. The van der Waals surface area contributed by atoms with E-state index in [2.05, 4.69) is 0 Å². The summed E-state index contributed by atoms with van der Waals surface area (Å²) in [6.45, 7) is 1.92. The average Bonchev–Trinajstić information content (AvgIpc) is 2.56. The van der Waals surface area contributed by atoms with Crippen molar-refractivity contribution in [3.05, 3.63) is 0 Å². The summed E-state index contributed by atoms with van der Waals surface area (Å²) in [5, 5.41) is 9.38. The van der Waals surface area contributed by atoms with Gasteiger partial charge in [-0.05, 0) is 50.4 Å². The van der Waals surface area contributed by atoms with Crippen molar-refractivity contribution in [2.75, 3.05) is 0 Å². The van der Waals surface area contributed by atoms with Crippen LogP contribution in [0.5, 0.6) is 0 Å². The molecule has 2 heteroatoms. The van der Waals surface area contributed by atoms with Crippen molar-refractivity contribution < 1.29 is 9.84 Å². The summed E-state index contributed by atoms with van der Waals surface area (Å²) in [6.07, 6.45) is 6.11. The van der Waals surface area contributed by atoms with Gasteiger partial charge < -0.3 is 9.84 Å². The molecule has 6 unspecified atom stereocenters. The summed E-state index contributed by atoms with van der Waals surface area (Å²) in [7, 11) is 0. The van der Waals surface area contributed by atoms with Gasteiger partial charge in [-0.15, -0.1) is 0 Å². The van der Waals surface area contributed by atoms with Crippen LogP contribution in [0.1, 0.15) is 32.6 Å². The van der Waals surface area contributed by atoms with Crippen LogP contribution >= 0.6 is 0 Å². The van der Waals surface area contributed by atoms with E-state index in [9.17, 15) is 5.11 Å². The Labute approximate surface area is 79.3 Å². The molecule has 0 spiro atoms. The Morgan fingerprint density at radius 1 is 1.38 bits per heavy atom. The van der Waals surface area contributed by atoms with Crippen molar-refractivity contribution >= 4 is 0 Å². The Kier molecular flexibility index (Phi) is 1.72. The third-order valence-corrected chi connectivity index (χ3v) is 4.22. The molecule has 2 saturated carbocycles. The molecule has 3 rings (SSSR count). The molecule has 0 aromatic heterocycles. The fourth-order valence-electron chi connectivity index (χ4n) is 3.68. The van der Waals surface area contributed by atoms with Gasteiger partial charge in [0.25, 0.3) is 0 Å². The molecule has 3 aliphatic rings. The number of hydrogen-bond acceptors (Lipinski definition) is 2. The molecule has 0 aromatic carbocycles. The molecule has 2 nitrogen and oxygen atoms in total. The van der Waals surface area contributed by atoms with Crippen molar-refractivity contribution in [2.45, 2.75) is 50.9 Å². The lowest BCUT2D eigenvalue weighted by Gasteiger charge is -2.21. The number of aliphatic hydroxyl groups excluding tert-OH is 1. The molecule has 0 radical (unpaired) electrons. The highest BCUT2D eigenvalue weighted by atomic mass is 16.6. The van der Waals surface area contributed by atoms with Gasteiger partial charge in [-0.25, -0.2) is 0 Å². The van der Waals surface area contributed by atoms with Crippen LogP contribution in [0.15, 0.2) is 0 Å². The second-order valence-electron chi connectivity index (χ2n) is 5.12. The maximum absolute atomic E-state index is 9.38. The number of fused-ring (bicyclic) bond motifs is 3. The third-order valence-electron chi connectivity index (χ3n) is 4.22. The molecule has 6 atom stereocenters. The lowest BCUT2D eigenvalue weighted by Crippen LogP contribution is -2.18. The second-order valence-corrected chi connectivity index (χ2v) is 5.12. The largest absolute Gasteiger partial charge is 0.393 e. The zero-order valence-corrected chi connectivity index (χ0v) is 8.15. The normalized spacial score (nSPS) is 54.5. The SMILES string of the molecule is CC(O)CC1CCC2C1CC1OC12. The van der Waals surface area contributed by atoms with Crippen LogP contribution in [0, 0.1) is 17.8 Å². The fourth-order valence-corrected chi connectivity index (χ4v) is 3.68. The van der Waals surface area contributed by atoms with E-state index < -0.39 is 0 Å². The Hall–Kier alpha value is -0.0800. The van der Waals surface area contributed by atoms with Crippen LogP contribution in [0.4, 0.5) is 0 Å². The van der Waals surface area contributed by atoms with E-state index in [0.717, 1.165) is 24.2 Å². The van der Waals surface area contributed by atoms with Crippen molar-refractivity contribution in [2.24, 2.45) is 17.8 Å². The van der Waals surface area contributed by atoms with E-state index in [4.69, 9.17) is 4.74 Å². The lowest BCUT2D eigenvalue weighted by molar-refractivity contribution is 0.129. The van der Waals surface area contributed by atoms with Crippen molar-refractivity contribution in [3.8, 4) is 0 Å². The lowest BCUT2D eigenvalue weighted by atomic mass is 9.87. The minimum atomic E-state index is -0.110. The Bertz CT molecular complexity index is 214. The summed E-state index contributed by atoms with van der Waals surface area (Å²) in [4.78, 5) is 0. The van der Waals surface area contributed by atoms with E-state index in [1.165, 1.54) is 19.3 Å². The van der Waals surface area contributed by atoms with Crippen LogP contribution in [0.2, 0.25) is 0 Å². The van der Waals surface area contributed by atoms with Crippen LogP contribution in [-0.4, -0.2) is 23.4 Å². The molecule has 3 fully saturated rings. The molecule has 13 heavy (non-hydrogen) atoms. The topological polar surface area (TPSA) is 32.8 Å². The van der Waals surface area contributed by atoms with Crippen molar-refractivity contribution in [3.63, 3.8) is 0 Å². The van der Waals surface area contributed by atoms with Crippen molar-refractivity contribution in [1.82, 2.24) is 0 Å². The summed E-state index contributed by atoms with van der Waals surface area (Å²) >= 11 is 0. The van der Waals surface area contributed by atoms with E-state index >= 15 is 0 Å². The number of rotatable bonds is 2. The van der Waals surface area contributed by atoms with Crippen LogP contribution < -0.4 is 0 Å². The van der Waals surface area contributed by atoms with Gasteiger partial charge >= 0.3 is 0 Å². The van der Waals surface area contributed by atoms with E-state index in [0.29, 0.717) is 12.2 Å². The molecule has 1 heterocycles. The molecule has 74 valence electrons. The highest BCUT2D eigenvalue weighted by molar-refractivity contribution is 5.06. The zero-order valence-electron chi connectivity index (χ0n) is 8.15. The van der Waals surface area contributed by atoms with Crippen LogP contribution in [0.25, 0.3) is 0 Å². The van der Waals surface area contributed by atoms with Gasteiger partial charge in [0, 0.05) is 0 Å². The maximum Gasteiger partial charge on any atom is 0.0872 e. The summed E-state index contributed by atoms with van der Waals surface area (Å²) in [5.74, 6) is 2.54. The summed E-state index contributed by atoms with van der Waals surface area (Å²) in [6, 6.07) is 0. The van der Waals surface area contributed by atoms with Gasteiger partial charge in [-0.3, -0.25) is 0 Å². The Morgan fingerprint density at radius 3 is 3.00 bits per heavy atom. The van der Waals surface area contributed by atoms with Crippen LogP contribution in [-0.2, 0) is 4.74 Å². The highest BCUT2D eigenvalue weighted by Gasteiger charge is 2.59.